The van der Waals surface area contributed by atoms with Gasteiger partial charge in [-0.3, -0.25) is 0 Å². The number of carboxylic acid groups (broad SMARTS) is 2. The summed E-state index contributed by atoms with van der Waals surface area (Å²) in [5.41, 5.74) is 9.76. The number of hydrogen-bond donors (Lipinski definition) is 2. The molecule has 0 atom stereocenters. The highest BCUT2D eigenvalue weighted by Gasteiger charge is 2.17. The van der Waals surface area contributed by atoms with Gasteiger partial charge in [0.15, 0.2) is 0 Å². The van der Waals surface area contributed by atoms with Crippen LogP contribution in [0.4, 0.5) is 34.1 Å². The van der Waals surface area contributed by atoms with Gasteiger partial charge in [-0.1, -0.05) is 83.9 Å². The topological polar surface area (TPSA) is 147 Å². The van der Waals surface area contributed by atoms with Crippen LogP contribution in [-0.2, 0) is 9.59 Å². The lowest BCUT2D eigenvalue weighted by Gasteiger charge is -2.26. The SMILES string of the molecule is Cc1ccc(Oc2ccc(N(c3ccc(/C=C(\C#N)C(=O)O)cc3)c3ccc(-c4ccc(N(c5ccc(/C=C(\C#N)C(=O)O)cc5)c5ccc(Oc6ccc(C)cc6)cc5)cc4)cc3)cc2)cc1. The van der Waals surface area contributed by atoms with Crippen molar-refractivity contribution in [1.82, 2.24) is 0 Å². The van der Waals surface area contributed by atoms with E-state index in [0.29, 0.717) is 22.6 Å². The van der Waals surface area contributed by atoms with E-state index in [2.05, 4.69) is 34.1 Å². The van der Waals surface area contributed by atoms with Gasteiger partial charge < -0.3 is 29.5 Å². The Morgan fingerprint density at radius 2 is 0.632 bits per heavy atom. The summed E-state index contributed by atoms with van der Waals surface area (Å²) < 4.78 is 12.2. The molecule has 0 radical (unpaired) electrons. The molecule has 0 bridgehead atoms. The number of rotatable bonds is 15. The van der Waals surface area contributed by atoms with E-state index in [4.69, 9.17) is 9.47 Å². The van der Waals surface area contributed by atoms with Crippen LogP contribution in [0.1, 0.15) is 22.3 Å². The van der Waals surface area contributed by atoms with E-state index in [0.717, 1.165) is 67.9 Å². The second-order valence-corrected chi connectivity index (χ2v) is 15.7. The van der Waals surface area contributed by atoms with Crippen LogP contribution in [0.25, 0.3) is 23.3 Å². The van der Waals surface area contributed by atoms with Gasteiger partial charge in [0.1, 0.15) is 46.3 Å². The zero-order valence-corrected chi connectivity index (χ0v) is 36.9. The van der Waals surface area contributed by atoms with E-state index >= 15 is 0 Å². The number of nitrogens with zero attached hydrogens (tertiary/aromatic N) is 4. The van der Waals surface area contributed by atoms with E-state index in [-0.39, 0.29) is 11.1 Å². The van der Waals surface area contributed by atoms with Crippen LogP contribution in [0.15, 0.2) is 205 Å². The molecule has 0 amide bonds. The predicted octanol–water partition coefficient (Wildman–Crippen LogP) is 14.5. The van der Waals surface area contributed by atoms with Gasteiger partial charge in [-0.15, -0.1) is 0 Å². The average molecular weight is 891 g/mol. The van der Waals surface area contributed by atoms with Crippen molar-refractivity contribution in [2.24, 2.45) is 0 Å². The molecular weight excluding hydrogens is 849 g/mol. The molecule has 0 saturated carbocycles. The Balaban J connectivity index is 1.09. The summed E-state index contributed by atoms with van der Waals surface area (Å²) in [6, 6.07) is 65.7. The smallest absolute Gasteiger partial charge is 0.346 e. The van der Waals surface area contributed by atoms with Gasteiger partial charge in [0, 0.05) is 34.1 Å². The monoisotopic (exact) mass is 890 g/mol. The lowest BCUT2D eigenvalue weighted by molar-refractivity contribution is -0.133. The van der Waals surface area contributed by atoms with Crippen molar-refractivity contribution >= 4 is 58.2 Å². The van der Waals surface area contributed by atoms with Gasteiger partial charge in [0.2, 0.25) is 0 Å². The highest BCUT2D eigenvalue weighted by atomic mass is 16.5. The normalized spacial score (nSPS) is 11.2. The van der Waals surface area contributed by atoms with Gasteiger partial charge in [0.05, 0.1) is 0 Å². The summed E-state index contributed by atoms with van der Waals surface area (Å²) >= 11 is 0. The predicted molar refractivity (Wildman–Crippen MR) is 266 cm³/mol. The maximum atomic E-state index is 11.5. The molecule has 0 unspecified atom stereocenters. The number of anilines is 6. The highest BCUT2D eigenvalue weighted by Crippen LogP contribution is 2.40. The first-order chi connectivity index (χ1) is 33.0. The summed E-state index contributed by atoms with van der Waals surface area (Å²) in [5.74, 6) is 0.239. The van der Waals surface area contributed by atoms with Gasteiger partial charge in [-0.2, -0.15) is 10.5 Å². The van der Waals surface area contributed by atoms with Crippen LogP contribution >= 0.6 is 0 Å². The van der Waals surface area contributed by atoms with Gasteiger partial charge >= 0.3 is 11.9 Å². The standard InChI is InChI=1S/C58H42N4O6/c1-39-3-27-53(28-4-39)67-55-31-23-51(24-32-55)61(47-15-7-41(8-16-47)35-45(37-59)57(63)64)49-19-11-43(12-20-49)44-13-21-50(22-14-44)62(48-17-9-42(10-18-48)36-46(38-60)58(65)66)52-25-33-56(34-26-52)68-54-29-5-40(2)6-30-54/h3-36H,1-2H3,(H,63,64)(H,65,66)/b45-35+,46-36+. The van der Waals surface area contributed by atoms with E-state index in [1.807, 2.05) is 159 Å². The Bertz CT molecular complexity index is 2980. The summed E-state index contributed by atoms with van der Waals surface area (Å²) in [6.45, 7) is 4.05. The lowest BCUT2D eigenvalue weighted by atomic mass is 10.0. The first-order valence-electron chi connectivity index (χ1n) is 21.4. The maximum Gasteiger partial charge on any atom is 0.346 e. The Kier molecular flexibility index (Phi) is 13.5. The van der Waals surface area contributed by atoms with Gasteiger partial charge in [0.25, 0.3) is 0 Å². The fourth-order valence-electron chi connectivity index (χ4n) is 7.37. The molecule has 0 aliphatic heterocycles. The van der Waals surface area contributed by atoms with Crippen LogP contribution in [0.2, 0.25) is 0 Å². The van der Waals surface area contributed by atoms with Crippen molar-refractivity contribution in [2.45, 2.75) is 13.8 Å². The quantitative estimate of drug-likeness (QED) is 0.0753. The largest absolute Gasteiger partial charge is 0.477 e. The Morgan fingerprint density at radius 1 is 0.397 bits per heavy atom. The first kappa shape index (κ1) is 44.9. The van der Waals surface area contributed by atoms with Crippen molar-refractivity contribution in [2.75, 3.05) is 9.80 Å². The van der Waals surface area contributed by atoms with Crippen LogP contribution in [0.5, 0.6) is 23.0 Å². The molecule has 0 aliphatic carbocycles. The molecule has 68 heavy (non-hydrogen) atoms. The molecule has 0 aliphatic rings. The summed E-state index contributed by atoms with van der Waals surface area (Å²) in [5, 5.41) is 37.4. The van der Waals surface area contributed by atoms with Crippen molar-refractivity contribution in [3.63, 3.8) is 0 Å². The Hall–Kier alpha value is -9.64. The number of aliphatic carboxylic acids is 2. The number of hydrogen-bond acceptors (Lipinski definition) is 8. The molecule has 0 fully saturated rings. The van der Waals surface area contributed by atoms with Crippen molar-refractivity contribution < 1.29 is 29.3 Å². The van der Waals surface area contributed by atoms with Crippen molar-refractivity contribution in [3.8, 4) is 46.3 Å². The van der Waals surface area contributed by atoms with Crippen LogP contribution in [0.3, 0.4) is 0 Å². The molecule has 2 N–H and O–H groups in total. The van der Waals surface area contributed by atoms with Crippen molar-refractivity contribution in [3.05, 3.63) is 228 Å². The van der Waals surface area contributed by atoms with Gasteiger partial charge in [-0.25, -0.2) is 9.59 Å². The molecule has 0 saturated heterocycles. The van der Waals surface area contributed by atoms with Crippen LogP contribution in [-0.4, -0.2) is 22.2 Å². The zero-order chi connectivity index (χ0) is 47.6. The molecule has 8 aromatic carbocycles. The minimum Gasteiger partial charge on any atom is -0.477 e. The number of carbonyl (C=O) groups is 2. The molecule has 0 heterocycles. The number of aryl methyl sites for hydroxylation is 2. The van der Waals surface area contributed by atoms with E-state index in [1.54, 1.807) is 36.4 Å². The average Bonchev–Trinajstić information content (AvgIpc) is 3.36. The van der Waals surface area contributed by atoms with Gasteiger partial charge in [-0.05, 0) is 170 Å². The fraction of sp³-hybridized carbons (Fsp3) is 0.0345. The summed E-state index contributed by atoms with van der Waals surface area (Å²) in [7, 11) is 0. The second kappa shape index (κ2) is 20.5. The zero-order valence-electron chi connectivity index (χ0n) is 36.9. The molecule has 10 heteroatoms. The Morgan fingerprint density at radius 3 is 0.882 bits per heavy atom. The minimum atomic E-state index is -1.29. The molecule has 0 aromatic heterocycles. The van der Waals surface area contributed by atoms with E-state index in [9.17, 15) is 30.3 Å². The lowest BCUT2D eigenvalue weighted by Crippen LogP contribution is -2.10. The van der Waals surface area contributed by atoms with Crippen molar-refractivity contribution in [1.29, 1.82) is 10.5 Å². The number of benzene rings is 8. The highest BCUT2D eigenvalue weighted by molar-refractivity contribution is 5.97. The minimum absolute atomic E-state index is 0.356. The third-order valence-electron chi connectivity index (χ3n) is 10.9. The summed E-state index contributed by atoms with van der Waals surface area (Å²) in [4.78, 5) is 27.2. The number of carboxylic acids is 2. The molecule has 0 spiro atoms. The molecule has 8 rings (SSSR count). The molecule has 8 aromatic rings. The van der Waals surface area contributed by atoms with Crippen LogP contribution in [0, 0.1) is 36.5 Å². The molecule has 330 valence electrons. The third-order valence-corrected chi connectivity index (χ3v) is 10.9. The molecular formula is C58H42N4O6. The fourth-order valence-corrected chi connectivity index (χ4v) is 7.37. The molecule has 10 nitrogen and oxygen atoms in total. The van der Waals surface area contributed by atoms with Crippen LogP contribution < -0.4 is 19.3 Å². The maximum absolute atomic E-state index is 11.5. The summed E-state index contributed by atoms with van der Waals surface area (Å²) in [6.07, 6.45) is 2.69. The van der Waals surface area contributed by atoms with E-state index < -0.39 is 11.9 Å². The number of nitriles is 2. The number of ether oxygens (including phenoxy) is 2. The Labute approximate surface area is 394 Å². The van der Waals surface area contributed by atoms with E-state index in [1.165, 1.54) is 12.2 Å². The third kappa shape index (κ3) is 10.8. The second-order valence-electron chi connectivity index (χ2n) is 15.7. The first-order valence-corrected chi connectivity index (χ1v) is 21.4.